The maximum atomic E-state index is 13.0. The zero-order valence-electron chi connectivity index (χ0n) is 9.42. The Hall–Kier alpha value is -0.450. The van der Waals surface area contributed by atoms with Gasteiger partial charge >= 0.3 is 0 Å². The zero-order valence-corrected chi connectivity index (χ0v) is 11.0. The molecule has 0 unspecified atom stereocenters. The number of rotatable bonds is 3. The van der Waals surface area contributed by atoms with Crippen LogP contribution < -0.4 is 5.32 Å². The molecule has 1 N–H and O–H groups in total. The molecule has 1 fully saturated rings. The Morgan fingerprint density at radius 2 is 2.12 bits per heavy atom. The normalized spacial score (nSPS) is 24.8. The van der Waals surface area contributed by atoms with E-state index < -0.39 is 10.8 Å². The summed E-state index contributed by atoms with van der Waals surface area (Å²) in [6, 6.07) is 5.17. The summed E-state index contributed by atoms with van der Waals surface area (Å²) in [5, 5.41) is 3.55. The van der Waals surface area contributed by atoms with Crippen molar-refractivity contribution in [3.8, 4) is 0 Å². The van der Waals surface area contributed by atoms with Crippen molar-refractivity contribution in [3.05, 3.63) is 34.6 Å². The first kappa shape index (κ1) is 13.0. The molecule has 1 saturated heterocycles. The Balaban J connectivity index is 1.85. The van der Waals surface area contributed by atoms with Crippen LogP contribution in [0.25, 0.3) is 0 Å². The van der Waals surface area contributed by atoms with E-state index in [1.807, 2.05) is 0 Å². The third-order valence-corrected chi connectivity index (χ3v) is 4.64. The molecule has 0 aliphatic carbocycles. The summed E-state index contributed by atoms with van der Waals surface area (Å²) in [7, 11) is -0.626. The smallest absolute Gasteiger partial charge is 0.141 e. The lowest BCUT2D eigenvalue weighted by Crippen LogP contribution is -2.35. The second-order valence-electron chi connectivity index (χ2n) is 4.25. The van der Waals surface area contributed by atoms with Crippen LogP contribution in [0, 0.1) is 5.82 Å². The Kier molecular flexibility index (Phi) is 4.54. The lowest BCUT2D eigenvalue weighted by atomic mass is 10.1. The van der Waals surface area contributed by atoms with E-state index in [1.165, 1.54) is 6.07 Å². The minimum Gasteiger partial charge on any atom is -0.310 e. The average molecular weight is 276 g/mol. The molecule has 2 nitrogen and oxygen atoms in total. The van der Waals surface area contributed by atoms with Crippen molar-refractivity contribution < 1.29 is 8.60 Å². The van der Waals surface area contributed by atoms with E-state index in [2.05, 4.69) is 5.32 Å². The van der Waals surface area contributed by atoms with Gasteiger partial charge in [0.05, 0.1) is 5.02 Å². The van der Waals surface area contributed by atoms with Crippen LogP contribution in [0.5, 0.6) is 0 Å². The summed E-state index contributed by atoms with van der Waals surface area (Å²) < 4.78 is 24.1. The topological polar surface area (TPSA) is 29.1 Å². The first-order chi connectivity index (χ1) is 8.15. The highest BCUT2D eigenvalue weighted by Gasteiger charge is 2.17. The van der Waals surface area contributed by atoms with E-state index in [1.54, 1.807) is 12.1 Å². The van der Waals surface area contributed by atoms with Crippen LogP contribution in [0.3, 0.4) is 0 Å². The van der Waals surface area contributed by atoms with Crippen molar-refractivity contribution in [2.24, 2.45) is 0 Å². The van der Waals surface area contributed by atoms with E-state index >= 15 is 0 Å². The van der Waals surface area contributed by atoms with Crippen LogP contribution in [0.2, 0.25) is 5.02 Å². The predicted octanol–water partition coefficient (Wildman–Crippen LogP) is 2.48. The predicted molar refractivity (Wildman–Crippen MR) is 69.1 cm³/mol. The Bertz CT molecular complexity index is 417. The maximum Gasteiger partial charge on any atom is 0.141 e. The van der Waals surface area contributed by atoms with Crippen molar-refractivity contribution in [1.29, 1.82) is 0 Å². The molecule has 1 aromatic rings. The molecule has 0 spiro atoms. The second kappa shape index (κ2) is 5.94. The van der Waals surface area contributed by atoms with Gasteiger partial charge in [0, 0.05) is 34.9 Å². The molecule has 0 atom stereocenters. The minimum absolute atomic E-state index is 0.161. The van der Waals surface area contributed by atoms with Crippen LogP contribution in [0.4, 0.5) is 4.39 Å². The SMILES string of the molecule is O=S1CCC(NCc2ccc(F)c(Cl)c2)CC1. The lowest BCUT2D eigenvalue weighted by Gasteiger charge is -2.22. The summed E-state index contributed by atoms with van der Waals surface area (Å²) in [5.41, 5.74) is 0.975. The van der Waals surface area contributed by atoms with Gasteiger partial charge in [0.25, 0.3) is 0 Å². The van der Waals surface area contributed by atoms with Crippen LogP contribution in [0.15, 0.2) is 18.2 Å². The molecule has 5 heteroatoms. The van der Waals surface area contributed by atoms with Gasteiger partial charge in [-0.1, -0.05) is 17.7 Å². The van der Waals surface area contributed by atoms with Gasteiger partial charge in [-0.3, -0.25) is 4.21 Å². The van der Waals surface area contributed by atoms with Gasteiger partial charge in [0.1, 0.15) is 5.82 Å². The Morgan fingerprint density at radius 1 is 1.41 bits per heavy atom. The fraction of sp³-hybridized carbons (Fsp3) is 0.500. The zero-order chi connectivity index (χ0) is 12.3. The second-order valence-corrected chi connectivity index (χ2v) is 6.36. The van der Waals surface area contributed by atoms with Gasteiger partial charge in [-0.05, 0) is 30.5 Å². The van der Waals surface area contributed by atoms with Crippen LogP contribution in [0.1, 0.15) is 18.4 Å². The minimum atomic E-state index is -0.626. The number of hydrogen-bond donors (Lipinski definition) is 1. The number of benzene rings is 1. The Morgan fingerprint density at radius 3 is 2.76 bits per heavy atom. The molecule has 0 aromatic heterocycles. The fourth-order valence-corrected chi connectivity index (χ4v) is 3.41. The molecule has 1 aliphatic rings. The third-order valence-electron chi connectivity index (χ3n) is 2.97. The van der Waals surface area contributed by atoms with Gasteiger partial charge < -0.3 is 5.32 Å². The highest BCUT2D eigenvalue weighted by molar-refractivity contribution is 7.85. The molecule has 0 saturated carbocycles. The number of halogens is 2. The van der Waals surface area contributed by atoms with Crippen molar-refractivity contribution in [2.45, 2.75) is 25.4 Å². The van der Waals surface area contributed by atoms with Gasteiger partial charge in [-0.25, -0.2) is 4.39 Å². The molecule has 17 heavy (non-hydrogen) atoms. The molecule has 2 rings (SSSR count). The molecule has 0 radical (unpaired) electrons. The summed E-state index contributed by atoms with van der Waals surface area (Å²) in [6.07, 6.45) is 1.89. The van der Waals surface area contributed by atoms with E-state index in [0.29, 0.717) is 12.6 Å². The summed E-state index contributed by atoms with van der Waals surface area (Å²) in [6.45, 7) is 0.678. The highest BCUT2D eigenvalue weighted by atomic mass is 35.5. The maximum absolute atomic E-state index is 13.0. The van der Waals surface area contributed by atoms with Crippen LogP contribution >= 0.6 is 11.6 Å². The van der Waals surface area contributed by atoms with Crippen molar-refractivity contribution in [1.82, 2.24) is 5.32 Å². The van der Waals surface area contributed by atoms with E-state index in [0.717, 1.165) is 29.9 Å². The van der Waals surface area contributed by atoms with E-state index in [4.69, 9.17) is 11.6 Å². The molecule has 0 amide bonds. The quantitative estimate of drug-likeness (QED) is 0.918. The molecule has 1 aromatic carbocycles. The van der Waals surface area contributed by atoms with Crippen LogP contribution in [-0.2, 0) is 17.3 Å². The van der Waals surface area contributed by atoms with Gasteiger partial charge in [-0.15, -0.1) is 0 Å². The largest absolute Gasteiger partial charge is 0.310 e. The number of hydrogen-bond acceptors (Lipinski definition) is 2. The van der Waals surface area contributed by atoms with E-state index in [-0.39, 0.29) is 10.8 Å². The molecule has 1 heterocycles. The molecular weight excluding hydrogens is 261 g/mol. The molecule has 1 aliphatic heterocycles. The highest BCUT2D eigenvalue weighted by Crippen LogP contribution is 2.16. The first-order valence-corrected chi connectivity index (χ1v) is 7.54. The van der Waals surface area contributed by atoms with Crippen molar-refractivity contribution in [2.75, 3.05) is 11.5 Å². The Labute approximate surface area is 108 Å². The van der Waals surface area contributed by atoms with Gasteiger partial charge in [0.2, 0.25) is 0 Å². The lowest BCUT2D eigenvalue weighted by molar-refractivity contribution is 0.475. The number of nitrogens with one attached hydrogen (secondary N) is 1. The third kappa shape index (κ3) is 3.76. The fourth-order valence-electron chi connectivity index (χ4n) is 1.91. The van der Waals surface area contributed by atoms with Crippen LogP contribution in [-0.4, -0.2) is 21.8 Å². The molecular formula is C12H15ClFNOS. The summed E-state index contributed by atoms with van der Waals surface area (Å²) in [4.78, 5) is 0. The van der Waals surface area contributed by atoms with Gasteiger partial charge in [-0.2, -0.15) is 0 Å². The van der Waals surface area contributed by atoms with E-state index in [9.17, 15) is 8.60 Å². The van der Waals surface area contributed by atoms with Crippen molar-refractivity contribution in [3.63, 3.8) is 0 Å². The summed E-state index contributed by atoms with van der Waals surface area (Å²) >= 11 is 5.71. The molecule has 94 valence electrons. The standard InChI is InChI=1S/C12H15ClFNOS/c13-11-7-9(1-2-12(11)14)8-15-10-3-5-17(16)6-4-10/h1-2,7,10,15H,3-6,8H2. The van der Waals surface area contributed by atoms with Crippen molar-refractivity contribution >= 4 is 22.4 Å². The van der Waals surface area contributed by atoms with Gasteiger partial charge in [0.15, 0.2) is 0 Å². The first-order valence-electron chi connectivity index (χ1n) is 5.67. The average Bonchev–Trinajstić information content (AvgIpc) is 2.33. The summed E-state index contributed by atoms with van der Waals surface area (Å²) in [5.74, 6) is 1.17. The monoisotopic (exact) mass is 275 g/mol. The molecule has 0 bridgehead atoms.